The molecule has 0 aromatic carbocycles. The molecular formula is C12H23NO2S. The Bertz CT molecular complexity index is 225. The average molecular weight is 245 g/mol. The Balaban J connectivity index is 2.39. The highest BCUT2D eigenvalue weighted by molar-refractivity contribution is 7.98. The zero-order chi connectivity index (χ0) is 12.0. The lowest BCUT2D eigenvalue weighted by Gasteiger charge is -2.36. The maximum absolute atomic E-state index is 11.6. The van der Waals surface area contributed by atoms with Gasteiger partial charge in [-0.3, -0.25) is 4.79 Å². The molecule has 0 aromatic heterocycles. The second-order valence-electron chi connectivity index (χ2n) is 4.84. The van der Waals surface area contributed by atoms with Crippen LogP contribution in [-0.4, -0.2) is 36.7 Å². The van der Waals surface area contributed by atoms with E-state index in [1.165, 1.54) is 0 Å². The third-order valence-corrected chi connectivity index (χ3v) is 3.82. The molecule has 0 aromatic rings. The minimum Gasteiger partial charge on any atom is -0.459 e. The van der Waals surface area contributed by atoms with Gasteiger partial charge in [0.05, 0.1) is 6.42 Å². The summed E-state index contributed by atoms with van der Waals surface area (Å²) >= 11 is 1.68. The van der Waals surface area contributed by atoms with Crippen molar-refractivity contribution in [1.82, 2.24) is 5.32 Å². The molecule has 1 aliphatic heterocycles. The molecule has 0 unspecified atom stereocenters. The summed E-state index contributed by atoms with van der Waals surface area (Å²) in [7, 11) is 0. The fourth-order valence-electron chi connectivity index (χ4n) is 2.13. The number of thioether (sulfide) groups is 1. The molecule has 1 heterocycles. The number of carbonyl (C=O) groups excluding carboxylic acids is 1. The first-order chi connectivity index (χ1) is 7.56. The van der Waals surface area contributed by atoms with Gasteiger partial charge < -0.3 is 10.1 Å². The highest BCUT2D eigenvalue weighted by Gasteiger charge is 2.33. The summed E-state index contributed by atoms with van der Waals surface area (Å²) in [6, 6.07) is 0. The predicted octanol–water partition coefficient (Wildman–Crippen LogP) is 2.06. The van der Waals surface area contributed by atoms with E-state index < -0.39 is 0 Å². The number of hydrogen-bond acceptors (Lipinski definition) is 4. The second-order valence-corrected chi connectivity index (χ2v) is 5.83. The molecule has 16 heavy (non-hydrogen) atoms. The minimum absolute atomic E-state index is 0.0575. The van der Waals surface area contributed by atoms with E-state index in [1.54, 1.807) is 11.8 Å². The lowest BCUT2D eigenvalue weighted by molar-refractivity contribution is -0.162. The Morgan fingerprint density at radius 1 is 1.44 bits per heavy atom. The number of rotatable bonds is 5. The van der Waals surface area contributed by atoms with Crippen LogP contribution in [0.15, 0.2) is 0 Å². The van der Waals surface area contributed by atoms with Gasteiger partial charge in [0.1, 0.15) is 5.60 Å². The lowest BCUT2D eigenvalue weighted by atomic mass is 9.83. The van der Waals surface area contributed by atoms with Crippen molar-refractivity contribution in [2.24, 2.45) is 5.92 Å². The normalized spacial score (nSPS) is 18.4. The van der Waals surface area contributed by atoms with Gasteiger partial charge >= 0.3 is 5.97 Å². The molecule has 3 nitrogen and oxygen atoms in total. The van der Waals surface area contributed by atoms with Crippen molar-refractivity contribution in [2.45, 2.75) is 38.7 Å². The van der Waals surface area contributed by atoms with Crippen LogP contribution < -0.4 is 5.32 Å². The Morgan fingerprint density at radius 2 is 2.06 bits per heavy atom. The summed E-state index contributed by atoms with van der Waals surface area (Å²) in [5, 5.41) is 3.33. The minimum atomic E-state index is -0.308. The van der Waals surface area contributed by atoms with Crippen molar-refractivity contribution in [3.05, 3.63) is 0 Å². The molecule has 0 spiro atoms. The average Bonchev–Trinajstić information content (AvgIpc) is 2.27. The largest absolute Gasteiger partial charge is 0.459 e. The number of hydrogen-bond donors (Lipinski definition) is 1. The van der Waals surface area contributed by atoms with Gasteiger partial charge in [0.25, 0.3) is 0 Å². The zero-order valence-electron chi connectivity index (χ0n) is 10.5. The lowest BCUT2D eigenvalue weighted by Crippen LogP contribution is -2.42. The van der Waals surface area contributed by atoms with Crippen LogP contribution in [0.3, 0.4) is 0 Å². The number of piperidine rings is 1. The summed E-state index contributed by atoms with van der Waals surface area (Å²) in [5.41, 5.74) is -0.308. The second kappa shape index (κ2) is 6.50. The van der Waals surface area contributed by atoms with E-state index in [2.05, 4.69) is 5.32 Å². The van der Waals surface area contributed by atoms with Crippen molar-refractivity contribution >= 4 is 17.7 Å². The van der Waals surface area contributed by atoms with E-state index >= 15 is 0 Å². The van der Waals surface area contributed by atoms with E-state index in [9.17, 15) is 4.79 Å². The summed E-state index contributed by atoms with van der Waals surface area (Å²) in [6.07, 6.45) is 4.73. The summed E-state index contributed by atoms with van der Waals surface area (Å²) in [4.78, 5) is 11.6. The number of carbonyl (C=O) groups is 1. The van der Waals surface area contributed by atoms with Gasteiger partial charge in [0.15, 0.2) is 0 Å². The summed E-state index contributed by atoms with van der Waals surface area (Å²) in [6.45, 7) is 6.16. The molecule has 0 radical (unpaired) electrons. The molecular weight excluding hydrogens is 222 g/mol. The number of esters is 1. The topological polar surface area (TPSA) is 38.3 Å². The molecule has 0 saturated carbocycles. The number of ether oxygens (including phenoxy) is 1. The molecule has 1 rings (SSSR count). The standard InChI is InChI=1S/C12H23NO2S/c1-12(2,10-4-7-13-8-5-10)15-11(14)6-9-16-3/h10,13H,4-9H2,1-3H3. The van der Waals surface area contributed by atoms with Gasteiger partial charge in [-0.1, -0.05) is 0 Å². The molecule has 1 aliphatic rings. The van der Waals surface area contributed by atoms with Crippen molar-refractivity contribution < 1.29 is 9.53 Å². The van der Waals surface area contributed by atoms with Crippen LogP contribution in [0, 0.1) is 5.92 Å². The van der Waals surface area contributed by atoms with Crippen molar-refractivity contribution in [1.29, 1.82) is 0 Å². The van der Waals surface area contributed by atoms with Crippen molar-refractivity contribution in [3.8, 4) is 0 Å². The Kier molecular flexibility index (Phi) is 5.62. The summed E-state index contributed by atoms with van der Waals surface area (Å²) in [5.74, 6) is 1.28. The fraction of sp³-hybridized carbons (Fsp3) is 0.917. The van der Waals surface area contributed by atoms with E-state index in [1.807, 2.05) is 20.1 Å². The molecule has 0 atom stereocenters. The summed E-state index contributed by atoms with van der Waals surface area (Å²) < 4.78 is 5.60. The first-order valence-electron chi connectivity index (χ1n) is 5.98. The zero-order valence-corrected chi connectivity index (χ0v) is 11.4. The maximum Gasteiger partial charge on any atom is 0.307 e. The van der Waals surface area contributed by atoms with E-state index in [4.69, 9.17) is 4.74 Å². The van der Waals surface area contributed by atoms with Crippen LogP contribution in [-0.2, 0) is 9.53 Å². The van der Waals surface area contributed by atoms with E-state index in [-0.39, 0.29) is 11.6 Å². The Labute approximate surface area is 103 Å². The maximum atomic E-state index is 11.6. The monoisotopic (exact) mass is 245 g/mol. The van der Waals surface area contributed by atoms with Gasteiger partial charge in [-0.05, 0) is 46.0 Å². The smallest absolute Gasteiger partial charge is 0.307 e. The molecule has 1 saturated heterocycles. The van der Waals surface area contributed by atoms with E-state index in [0.717, 1.165) is 31.7 Å². The van der Waals surface area contributed by atoms with Crippen molar-refractivity contribution in [3.63, 3.8) is 0 Å². The van der Waals surface area contributed by atoms with Crippen LogP contribution in [0.25, 0.3) is 0 Å². The van der Waals surface area contributed by atoms with Gasteiger partial charge in [0.2, 0.25) is 0 Å². The molecule has 4 heteroatoms. The highest BCUT2D eigenvalue weighted by Crippen LogP contribution is 2.29. The van der Waals surface area contributed by atoms with E-state index in [0.29, 0.717) is 12.3 Å². The molecule has 94 valence electrons. The molecule has 0 amide bonds. The Hall–Kier alpha value is -0.220. The third kappa shape index (κ3) is 4.34. The van der Waals surface area contributed by atoms with Crippen LogP contribution in [0.2, 0.25) is 0 Å². The molecule has 0 aliphatic carbocycles. The van der Waals surface area contributed by atoms with Gasteiger partial charge in [-0.2, -0.15) is 11.8 Å². The first-order valence-corrected chi connectivity index (χ1v) is 7.37. The van der Waals surface area contributed by atoms with Crippen LogP contribution >= 0.6 is 11.8 Å². The predicted molar refractivity (Wildman–Crippen MR) is 68.8 cm³/mol. The van der Waals surface area contributed by atoms with Crippen molar-refractivity contribution in [2.75, 3.05) is 25.1 Å². The van der Waals surface area contributed by atoms with Gasteiger partial charge in [-0.25, -0.2) is 0 Å². The van der Waals surface area contributed by atoms with Gasteiger partial charge in [0, 0.05) is 11.7 Å². The SMILES string of the molecule is CSCCC(=O)OC(C)(C)C1CCNCC1. The molecule has 1 fully saturated rings. The third-order valence-electron chi connectivity index (χ3n) is 3.21. The first kappa shape index (κ1) is 13.8. The van der Waals surface area contributed by atoms with Gasteiger partial charge in [-0.15, -0.1) is 0 Å². The fourth-order valence-corrected chi connectivity index (χ4v) is 2.50. The quantitative estimate of drug-likeness (QED) is 0.753. The van der Waals surface area contributed by atoms with Crippen LogP contribution in [0.1, 0.15) is 33.1 Å². The van der Waals surface area contributed by atoms with Crippen LogP contribution in [0.5, 0.6) is 0 Å². The Morgan fingerprint density at radius 3 is 2.62 bits per heavy atom. The number of nitrogens with one attached hydrogen (secondary N) is 1. The highest BCUT2D eigenvalue weighted by atomic mass is 32.2. The van der Waals surface area contributed by atoms with Crippen LogP contribution in [0.4, 0.5) is 0 Å². The molecule has 0 bridgehead atoms. The molecule has 1 N–H and O–H groups in total.